The average Bonchev–Trinajstić information content (AvgIpc) is 2.80. The van der Waals surface area contributed by atoms with E-state index in [9.17, 15) is 4.79 Å². The number of ether oxygens (including phenoxy) is 2. The van der Waals surface area contributed by atoms with Crippen LogP contribution >= 0.6 is 11.6 Å². The summed E-state index contributed by atoms with van der Waals surface area (Å²) >= 11 is 6.07. The number of nitrogens with one attached hydrogen (secondary N) is 1. The first-order valence-electron chi connectivity index (χ1n) is 9.96. The highest BCUT2D eigenvalue weighted by molar-refractivity contribution is 6.30. The number of carbonyl (C=O) groups excluding carboxylic acids is 1. The van der Waals surface area contributed by atoms with Crippen molar-refractivity contribution in [1.82, 2.24) is 10.3 Å². The van der Waals surface area contributed by atoms with Gasteiger partial charge in [0, 0.05) is 36.4 Å². The molecule has 30 heavy (non-hydrogen) atoms. The van der Waals surface area contributed by atoms with Crippen LogP contribution < -0.4 is 10.1 Å². The summed E-state index contributed by atoms with van der Waals surface area (Å²) in [5, 5.41) is 3.80. The lowest BCUT2D eigenvalue weighted by molar-refractivity contribution is 0.0487. The summed E-state index contributed by atoms with van der Waals surface area (Å²) < 4.78 is 11.4. The van der Waals surface area contributed by atoms with Gasteiger partial charge in [0.1, 0.15) is 11.3 Å². The number of hydrogen-bond acceptors (Lipinski definition) is 4. The normalized spacial score (nSPS) is 15.4. The summed E-state index contributed by atoms with van der Waals surface area (Å²) in [6.45, 7) is 1.82. The third kappa shape index (κ3) is 4.64. The van der Waals surface area contributed by atoms with Gasteiger partial charge in [0.2, 0.25) is 5.88 Å². The summed E-state index contributed by atoms with van der Waals surface area (Å²) in [6.07, 6.45) is 3.27. The molecule has 0 aliphatic carbocycles. The van der Waals surface area contributed by atoms with Crippen molar-refractivity contribution in [3.63, 3.8) is 0 Å². The van der Waals surface area contributed by atoms with E-state index in [-0.39, 0.29) is 17.2 Å². The average molecular weight is 423 g/mol. The van der Waals surface area contributed by atoms with Crippen LogP contribution in [0.15, 0.2) is 72.9 Å². The number of carbonyl (C=O) groups is 1. The highest BCUT2D eigenvalue weighted by Gasteiger charge is 2.35. The number of aromatic nitrogens is 1. The molecule has 1 aromatic heterocycles. The van der Waals surface area contributed by atoms with Gasteiger partial charge in [-0.05, 0) is 54.8 Å². The standard InChI is InChI=1S/C24H23ClN2O3/c25-19-10-8-18(9-11-19)24(12-15-29-16-13-24)17-27-22(28)21-7-4-14-26-23(21)30-20-5-2-1-3-6-20/h1-11,14H,12-13,15-17H2,(H,27,28). The van der Waals surface area contributed by atoms with E-state index < -0.39 is 0 Å². The van der Waals surface area contributed by atoms with Crippen molar-refractivity contribution in [1.29, 1.82) is 0 Å². The van der Waals surface area contributed by atoms with Crippen LogP contribution in [0.3, 0.4) is 0 Å². The Labute approximate surface area is 181 Å². The van der Waals surface area contributed by atoms with E-state index in [1.807, 2.05) is 54.6 Å². The fourth-order valence-electron chi connectivity index (χ4n) is 3.72. The zero-order valence-corrected chi connectivity index (χ0v) is 17.3. The summed E-state index contributed by atoms with van der Waals surface area (Å²) in [7, 11) is 0. The van der Waals surface area contributed by atoms with Crippen molar-refractivity contribution in [3.05, 3.63) is 89.1 Å². The molecule has 0 spiro atoms. The van der Waals surface area contributed by atoms with Gasteiger partial charge >= 0.3 is 0 Å². The van der Waals surface area contributed by atoms with Crippen LogP contribution in [0.5, 0.6) is 11.6 Å². The molecule has 1 N–H and O–H groups in total. The van der Waals surface area contributed by atoms with Gasteiger partial charge < -0.3 is 14.8 Å². The van der Waals surface area contributed by atoms with Gasteiger partial charge in [-0.15, -0.1) is 0 Å². The number of nitrogens with zero attached hydrogens (tertiary/aromatic N) is 1. The molecule has 6 heteroatoms. The predicted octanol–water partition coefficient (Wildman–Crippen LogP) is 5.01. The first-order valence-corrected chi connectivity index (χ1v) is 10.3. The molecule has 1 aliphatic rings. The highest BCUT2D eigenvalue weighted by Crippen LogP contribution is 2.35. The van der Waals surface area contributed by atoms with Gasteiger partial charge in [0.25, 0.3) is 5.91 Å². The van der Waals surface area contributed by atoms with Crippen LogP contribution in [-0.2, 0) is 10.2 Å². The number of rotatable bonds is 6. The zero-order valence-electron chi connectivity index (χ0n) is 16.5. The third-order valence-electron chi connectivity index (χ3n) is 5.47. The molecule has 1 aliphatic heterocycles. The minimum Gasteiger partial charge on any atom is -0.438 e. The predicted molar refractivity (Wildman–Crippen MR) is 116 cm³/mol. The molecule has 2 aromatic carbocycles. The number of hydrogen-bond donors (Lipinski definition) is 1. The van der Waals surface area contributed by atoms with Gasteiger partial charge in [0.05, 0.1) is 0 Å². The molecule has 5 nitrogen and oxygen atoms in total. The van der Waals surface area contributed by atoms with E-state index in [0.717, 1.165) is 18.4 Å². The summed E-state index contributed by atoms with van der Waals surface area (Å²) in [5.41, 5.74) is 1.36. The molecule has 0 unspecified atom stereocenters. The van der Waals surface area contributed by atoms with E-state index in [0.29, 0.717) is 36.1 Å². The van der Waals surface area contributed by atoms with E-state index >= 15 is 0 Å². The molecule has 1 fully saturated rings. The lowest BCUT2D eigenvalue weighted by Gasteiger charge is -2.38. The lowest BCUT2D eigenvalue weighted by Crippen LogP contribution is -2.44. The Bertz CT molecular complexity index is 987. The molecule has 154 valence electrons. The van der Waals surface area contributed by atoms with Crippen molar-refractivity contribution in [2.75, 3.05) is 19.8 Å². The van der Waals surface area contributed by atoms with Crippen LogP contribution in [0.1, 0.15) is 28.8 Å². The van der Waals surface area contributed by atoms with Crippen molar-refractivity contribution in [3.8, 4) is 11.6 Å². The molecular weight excluding hydrogens is 400 g/mol. The van der Waals surface area contributed by atoms with Gasteiger partial charge in [-0.25, -0.2) is 4.98 Å². The van der Waals surface area contributed by atoms with Gasteiger partial charge in [-0.3, -0.25) is 4.79 Å². The van der Waals surface area contributed by atoms with E-state index in [1.54, 1.807) is 18.3 Å². The molecule has 3 aromatic rings. The third-order valence-corrected chi connectivity index (χ3v) is 5.72. The maximum Gasteiger partial charge on any atom is 0.256 e. The molecule has 0 atom stereocenters. The summed E-state index contributed by atoms with van der Waals surface area (Å²) in [6, 6.07) is 20.6. The topological polar surface area (TPSA) is 60.5 Å². The number of amides is 1. The van der Waals surface area contributed by atoms with E-state index in [1.165, 1.54) is 0 Å². The van der Waals surface area contributed by atoms with Crippen molar-refractivity contribution in [2.45, 2.75) is 18.3 Å². The molecule has 1 saturated heterocycles. The number of benzene rings is 2. The molecule has 2 heterocycles. The van der Waals surface area contributed by atoms with Crippen LogP contribution in [0.25, 0.3) is 0 Å². The van der Waals surface area contributed by atoms with Crippen LogP contribution in [0, 0.1) is 0 Å². The number of para-hydroxylation sites is 1. The van der Waals surface area contributed by atoms with Crippen LogP contribution in [0.2, 0.25) is 5.02 Å². The Morgan fingerprint density at radius 3 is 2.50 bits per heavy atom. The summed E-state index contributed by atoms with van der Waals surface area (Å²) in [4.78, 5) is 17.3. The number of pyridine rings is 1. The molecule has 4 rings (SSSR count). The zero-order chi connectivity index (χ0) is 20.8. The Morgan fingerprint density at radius 2 is 1.77 bits per heavy atom. The highest BCUT2D eigenvalue weighted by atomic mass is 35.5. The molecule has 1 amide bonds. The second-order valence-corrected chi connectivity index (χ2v) is 7.79. The van der Waals surface area contributed by atoms with Crippen molar-refractivity contribution >= 4 is 17.5 Å². The van der Waals surface area contributed by atoms with Crippen LogP contribution in [0.4, 0.5) is 0 Å². The summed E-state index contributed by atoms with van der Waals surface area (Å²) in [5.74, 6) is 0.704. The molecular formula is C24H23ClN2O3. The smallest absolute Gasteiger partial charge is 0.256 e. The maximum absolute atomic E-state index is 13.0. The van der Waals surface area contributed by atoms with Crippen LogP contribution in [-0.4, -0.2) is 30.6 Å². The second kappa shape index (κ2) is 9.28. The quantitative estimate of drug-likeness (QED) is 0.606. The number of halogens is 1. The Morgan fingerprint density at radius 1 is 1.03 bits per heavy atom. The first kappa shape index (κ1) is 20.4. The SMILES string of the molecule is O=C(NCC1(c2ccc(Cl)cc2)CCOCC1)c1cccnc1Oc1ccccc1. The second-order valence-electron chi connectivity index (χ2n) is 7.35. The minimum atomic E-state index is -0.214. The van der Waals surface area contributed by atoms with Gasteiger partial charge in [-0.2, -0.15) is 0 Å². The van der Waals surface area contributed by atoms with Crippen molar-refractivity contribution in [2.24, 2.45) is 0 Å². The molecule has 0 bridgehead atoms. The van der Waals surface area contributed by atoms with E-state index in [4.69, 9.17) is 21.1 Å². The minimum absolute atomic E-state index is 0.193. The van der Waals surface area contributed by atoms with E-state index in [2.05, 4.69) is 10.3 Å². The lowest BCUT2D eigenvalue weighted by atomic mass is 9.74. The van der Waals surface area contributed by atoms with Gasteiger partial charge in [0.15, 0.2) is 0 Å². The van der Waals surface area contributed by atoms with Gasteiger partial charge in [-0.1, -0.05) is 41.9 Å². The fraction of sp³-hybridized carbons (Fsp3) is 0.250. The Balaban J connectivity index is 1.52. The first-order chi connectivity index (χ1) is 14.7. The maximum atomic E-state index is 13.0. The molecule has 0 radical (unpaired) electrons. The Kier molecular flexibility index (Phi) is 6.31. The Hall–Kier alpha value is -2.89. The van der Waals surface area contributed by atoms with Crippen molar-refractivity contribution < 1.29 is 14.3 Å². The largest absolute Gasteiger partial charge is 0.438 e. The fourth-order valence-corrected chi connectivity index (χ4v) is 3.85. The monoisotopic (exact) mass is 422 g/mol. The molecule has 0 saturated carbocycles.